The SMILES string of the molecule is CN(/C=C(\N=C/C=O)C(=O)NCc1cc([N+](=O)[O-])cc(C(F)(F)F)c1)c1ccccc1. The van der Waals surface area contributed by atoms with E-state index in [4.69, 9.17) is 0 Å². The summed E-state index contributed by atoms with van der Waals surface area (Å²) in [5.41, 5.74) is -1.56. The van der Waals surface area contributed by atoms with Gasteiger partial charge in [0.15, 0.2) is 6.29 Å². The second-order valence-electron chi connectivity index (χ2n) is 6.20. The number of anilines is 1. The molecular weight excluding hydrogens is 417 g/mol. The number of rotatable bonds is 8. The van der Waals surface area contributed by atoms with Gasteiger partial charge in [0.25, 0.3) is 11.6 Å². The molecule has 1 N–H and O–H groups in total. The predicted octanol–water partition coefficient (Wildman–Crippen LogP) is 3.48. The molecule has 0 unspecified atom stereocenters. The summed E-state index contributed by atoms with van der Waals surface area (Å²) >= 11 is 0. The Balaban J connectivity index is 2.25. The molecule has 0 spiro atoms. The number of nitrogens with one attached hydrogen (secondary N) is 1. The van der Waals surface area contributed by atoms with Crippen LogP contribution in [-0.2, 0) is 22.3 Å². The molecule has 0 atom stereocenters. The third-order valence-electron chi connectivity index (χ3n) is 3.96. The summed E-state index contributed by atoms with van der Waals surface area (Å²) in [6.07, 6.45) is -2.25. The van der Waals surface area contributed by atoms with E-state index in [0.717, 1.165) is 12.3 Å². The van der Waals surface area contributed by atoms with E-state index in [-0.39, 0.29) is 11.3 Å². The molecule has 0 saturated heterocycles. The van der Waals surface area contributed by atoms with Crippen LogP contribution in [0, 0.1) is 10.1 Å². The van der Waals surface area contributed by atoms with Gasteiger partial charge in [0.05, 0.1) is 16.7 Å². The maximum atomic E-state index is 13.0. The first kappa shape index (κ1) is 23.3. The van der Waals surface area contributed by atoms with Gasteiger partial charge in [-0.1, -0.05) is 18.2 Å². The molecule has 1 amide bonds. The standard InChI is InChI=1S/C20H17F3N4O4/c1-26(16-5-3-2-4-6-16)13-18(24-7-8-28)19(29)25-12-14-9-15(20(21,22)23)11-17(10-14)27(30)31/h2-11,13H,12H2,1H3,(H,25,29)/b18-13-,24-7-. The molecule has 0 aromatic heterocycles. The first-order valence-corrected chi connectivity index (χ1v) is 8.73. The van der Waals surface area contributed by atoms with Crippen LogP contribution in [-0.4, -0.2) is 30.4 Å². The van der Waals surface area contributed by atoms with E-state index in [1.807, 2.05) is 0 Å². The van der Waals surface area contributed by atoms with E-state index < -0.39 is 34.8 Å². The number of nitro benzene ring substituents is 1. The number of carbonyl (C=O) groups is 2. The zero-order chi connectivity index (χ0) is 23.0. The molecule has 2 aromatic carbocycles. The van der Waals surface area contributed by atoms with Gasteiger partial charge in [-0.3, -0.25) is 19.7 Å². The van der Waals surface area contributed by atoms with Crippen molar-refractivity contribution in [2.75, 3.05) is 11.9 Å². The Morgan fingerprint density at radius 1 is 1.23 bits per heavy atom. The molecule has 2 rings (SSSR count). The molecule has 31 heavy (non-hydrogen) atoms. The zero-order valence-corrected chi connectivity index (χ0v) is 16.2. The van der Waals surface area contributed by atoms with Crippen molar-refractivity contribution in [3.63, 3.8) is 0 Å². The van der Waals surface area contributed by atoms with Crippen LogP contribution in [0.4, 0.5) is 24.5 Å². The Morgan fingerprint density at radius 3 is 2.48 bits per heavy atom. The predicted molar refractivity (Wildman–Crippen MR) is 107 cm³/mol. The fraction of sp³-hybridized carbons (Fsp3) is 0.150. The van der Waals surface area contributed by atoms with Crippen molar-refractivity contribution in [3.8, 4) is 0 Å². The summed E-state index contributed by atoms with van der Waals surface area (Å²) in [5, 5.41) is 13.3. The van der Waals surface area contributed by atoms with Gasteiger partial charge in [0.1, 0.15) is 5.70 Å². The van der Waals surface area contributed by atoms with Gasteiger partial charge < -0.3 is 10.2 Å². The Morgan fingerprint density at radius 2 is 1.90 bits per heavy atom. The molecule has 0 aliphatic heterocycles. The number of aliphatic imine (C=N–C) groups is 1. The highest BCUT2D eigenvalue weighted by Gasteiger charge is 2.32. The third-order valence-corrected chi connectivity index (χ3v) is 3.96. The molecule has 0 fully saturated rings. The quantitative estimate of drug-likeness (QED) is 0.225. The molecule has 0 aliphatic rings. The van der Waals surface area contributed by atoms with Crippen LogP contribution in [0.15, 0.2) is 65.4 Å². The Kier molecular flexibility index (Phi) is 7.61. The van der Waals surface area contributed by atoms with Crippen LogP contribution in [0.3, 0.4) is 0 Å². The van der Waals surface area contributed by atoms with Gasteiger partial charge in [-0.05, 0) is 23.8 Å². The van der Waals surface area contributed by atoms with Crippen LogP contribution >= 0.6 is 0 Å². The van der Waals surface area contributed by atoms with E-state index in [2.05, 4.69) is 10.3 Å². The highest BCUT2D eigenvalue weighted by atomic mass is 19.4. The highest BCUT2D eigenvalue weighted by Crippen LogP contribution is 2.32. The smallest absolute Gasteiger partial charge is 0.349 e. The summed E-state index contributed by atoms with van der Waals surface area (Å²) in [7, 11) is 1.63. The van der Waals surface area contributed by atoms with Crippen molar-refractivity contribution in [2.45, 2.75) is 12.7 Å². The maximum Gasteiger partial charge on any atom is 0.416 e. The fourth-order valence-corrected chi connectivity index (χ4v) is 2.50. The maximum absolute atomic E-state index is 13.0. The van der Waals surface area contributed by atoms with Gasteiger partial charge in [-0.25, -0.2) is 4.99 Å². The number of non-ortho nitro benzene ring substituents is 1. The molecule has 0 radical (unpaired) electrons. The molecule has 0 bridgehead atoms. The summed E-state index contributed by atoms with van der Waals surface area (Å²) in [4.78, 5) is 38.4. The molecule has 0 aliphatic carbocycles. The van der Waals surface area contributed by atoms with E-state index >= 15 is 0 Å². The number of amides is 1. The molecular formula is C20H17F3N4O4. The van der Waals surface area contributed by atoms with E-state index in [9.17, 15) is 32.9 Å². The van der Waals surface area contributed by atoms with Crippen LogP contribution in [0.5, 0.6) is 0 Å². The number of aldehydes is 1. The van der Waals surface area contributed by atoms with E-state index in [0.29, 0.717) is 24.1 Å². The van der Waals surface area contributed by atoms with Crippen molar-refractivity contribution in [3.05, 3.63) is 81.7 Å². The van der Waals surface area contributed by atoms with Gasteiger partial charge in [-0.15, -0.1) is 0 Å². The number of hydrogen-bond acceptors (Lipinski definition) is 6. The topological polar surface area (TPSA) is 105 Å². The Labute approximate surface area is 174 Å². The first-order chi connectivity index (χ1) is 14.6. The molecule has 0 saturated carbocycles. The number of hydrogen-bond donors (Lipinski definition) is 1. The minimum Gasteiger partial charge on any atom is -0.349 e. The number of para-hydroxylation sites is 1. The number of benzene rings is 2. The average molecular weight is 434 g/mol. The van der Waals surface area contributed by atoms with Gasteiger partial charge in [0, 0.05) is 37.6 Å². The minimum absolute atomic E-state index is 0.120. The Bertz CT molecular complexity index is 1020. The number of nitro groups is 1. The monoisotopic (exact) mass is 434 g/mol. The fourth-order valence-electron chi connectivity index (χ4n) is 2.50. The summed E-state index contributed by atoms with van der Waals surface area (Å²) < 4.78 is 39.0. The Hall–Kier alpha value is -4.02. The van der Waals surface area contributed by atoms with Crippen LogP contribution < -0.4 is 10.2 Å². The normalized spacial score (nSPS) is 11.9. The molecule has 11 heteroatoms. The van der Waals surface area contributed by atoms with Crippen molar-refractivity contribution in [1.82, 2.24) is 5.32 Å². The molecule has 8 nitrogen and oxygen atoms in total. The van der Waals surface area contributed by atoms with Gasteiger partial charge in [-0.2, -0.15) is 13.2 Å². The van der Waals surface area contributed by atoms with Crippen LogP contribution in [0.25, 0.3) is 0 Å². The van der Waals surface area contributed by atoms with Crippen LogP contribution in [0.1, 0.15) is 11.1 Å². The second-order valence-corrected chi connectivity index (χ2v) is 6.20. The molecule has 0 heterocycles. The van der Waals surface area contributed by atoms with Gasteiger partial charge in [0.2, 0.25) is 0 Å². The highest BCUT2D eigenvalue weighted by molar-refractivity contribution is 6.14. The number of halogens is 3. The largest absolute Gasteiger partial charge is 0.416 e. The van der Waals surface area contributed by atoms with Crippen molar-refractivity contribution < 1.29 is 27.7 Å². The summed E-state index contributed by atoms with van der Waals surface area (Å²) in [6, 6.07) is 10.9. The third kappa shape index (κ3) is 6.77. The van der Waals surface area contributed by atoms with Crippen molar-refractivity contribution in [2.24, 2.45) is 4.99 Å². The number of nitrogens with zero attached hydrogens (tertiary/aromatic N) is 3. The molecule has 162 valence electrons. The van der Waals surface area contributed by atoms with E-state index in [1.54, 1.807) is 42.3 Å². The molecule has 2 aromatic rings. The minimum atomic E-state index is -4.79. The van der Waals surface area contributed by atoms with Crippen molar-refractivity contribution in [1.29, 1.82) is 0 Å². The van der Waals surface area contributed by atoms with Crippen molar-refractivity contribution >= 4 is 29.8 Å². The van der Waals surface area contributed by atoms with Crippen LogP contribution in [0.2, 0.25) is 0 Å². The number of alkyl halides is 3. The lowest BCUT2D eigenvalue weighted by Crippen LogP contribution is -2.26. The average Bonchev–Trinajstić information content (AvgIpc) is 2.74. The van der Waals surface area contributed by atoms with Gasteiger partial charge >= 0.3 is 6.18 Å². The number of carbonyl (C=O) groups excluding carboxylic acids is 2. The summed E-state index contributed by atoms with van der Waals surface area (Å²) in [5.74, 6) is -0.791. The summed E-state index contributed by atoms with van der Waals surface area (Å²) in [6.45, 7) is -0.424. The first-order valence-electron chi connectivity index (χ1n) is 8.73. The second kappa shape index (κ2) is 10.1. The lowest BCUT2D eigenvalue weighted by Gasteiger charge is -2.15. The lowest BCUT2D eigenvalue weighted by atomic mass is 10.1. The zero-order valence-electron chi connectivity index (χ0n) is 16.2. The van der Waals surface area contributed by atoms with E-state index in [1.165, 1.54) is 6.20 Å². The lowest BCUT2D eigenvalue weighted by molar-refractivity contribution is -0.385.